The number of ether oxygens (including phenoxy) is 1. The summed E-state index contributed by atoms with van der Waals surface area (Å²) in [7, 11) is 3.60. The van der Waals surface area contributed by atoms with Crippen molar-refractivity contribution < 1.29 is 9.84 Å². The zero-order chi connectivity index (χ0) is 13.8. The third kappa shape index (κ3) is 3.10. The molecule has 0 bridgehead atoms. The molecule has 0 radical (unpaired) electrons. The van der Waals surface area contributed by atoms with Crippen LogP contribution in [0.25, 0.3) is 0 Å². The van der Waals surface area contributed by atoms with E-state index in [-0.39, 0.29) is 5.75 Å². The molecule has 2 aromatic rings. The standard InChI is InChI=1S/C15H18N2O2/c1-17(13-4-3-5-14(18)9-13)10-11-8-12(16)6-7-15(11)19-2/h3-9,18H,10,16H2,1-2H3. The van der Waals surface area contributed by atoms with Gasteiger partial charge in [0.1, 0.15) is 11.5 Å². The fourth-order valence-corrected chi connectivity index (χ4v) is 2.00. The molecule has 0 amide bonds. The topological polar surface area (TPSA) is 58.7 Å². The Balaban J connectivity index is 2.23. The van der Waals surface area contributed by atoms with Crippen molar-refractivity contribution in [3.63, 3.8) is 0 Å². The van der Waals surface area contributed by atoms with Crippen LogP contribution in [0.1, 0.15) is 5.56 Å². The van der Waals surface area contributed by atoms with E-state index in [4.69, 9.17) is 10.5 Å². The number of hydrogen-bond donors (Lipinski definition) is 2. The Kier molecular flexibility index (Phi) is 3.80. The van der Waals surface area contributed by atoms with E-state index < -0.39 is 0 Å². The molecule has 2 rings (SSSR count). The van der Waals surface area contributed by atoms with Gasteiger partial charge < -0.3 is 20.5 Å². The van der Waals surface area contributed by atoms with Gasteiger partial charge in [0.25, 0.3) is 0 Å². The van der Waals surface area contributed by atoms with Gasteiger partial charge in [-0.25, -0.2) is 0 Å². The third-order valence-electron chi connectivity index (χ3n) is 2.98. The molecular weight excluding hydrogens is 240 g/mol. The fourth-order valence-electron chi connectivity index (χ4n) is 2.00. The average Bonchev–Trinajstić information content (AvgIpc) is 2.39. The lowest BCUT2D eigenvalue weighted by Gasteiger charge is -2.21. The highest BCUT2D eigenvalue weighted by molar-refractivity contribution is 5.53. The van der Waals surface area contributed by atoms with Crippen LogP contribution in [0.4, 0.5) is 11.4 Å². The van der Waals surface area contributed by atoms with Crippen molar-refractivity contribution in [2.24, 2.45) is 0 Å². The van der Waals surface area contributed by atoms with E-state index in [9.17, 15) is 5.11 Å². The van der Waals surface area contributed by atoms with Gasteiger partial charge in [-0.15, -0.1) is 0 Å². The lowest BCUT2D eigenvalue weighted by molar-refractivity contribution is 0.409. The predicted octanol–water partition coefficient (Wildman–Crippen LogP) is 2.62. The number of nitrogen functional groups attached to an aromatic ring is 1. The highest BCUT2D eigenvalue weighted by atomic mass is 16.5. The summed E-state index contributed by atoms with van der Waals surface area (Å²) in [5, 5.41) is 9.50. The second kappa shape index (κ2) is 5.52. The highest BCUT2D eigenvalue weighted by Crippen LogP contribution is 2.25. The Bertz CT molecular complexity index is 570. The van der Waals surface area contributed by atoms with Gasteiger partial charge in [0.15, 0.2) is 0 Å². The number of aromatic hydroxyl groups is 1. The van der Waals surface area contributed by atoms with Crippen LogP contribution in [-0.4, -0.2) is 19.3 Å². The van der Waals surface area contributed by atoms with Crippen LogP contribution in [0.3, 0.4) is 0 Å². The Hall–Kier alpha value is -2.36. The maximum atomic E-state index is 9.50. The van der Waals surface area contributed by atoms with Gasteiger partial charge in [-0.05, 0) is 30.3 Å². The van der Waals surface area contributed by atoms with Gasteiger partial charge in [0.05, 0.1) is 7.11 Å². The van der Waals surface area contributed by atoms with Crippen LogP contribution in [0.5, 0.6) is 11.5 Å². The zero-order valence-electron chi connectivity index (χ0n) is 11.1. The van der Waals surface area contributed by atoms with E-state index in [0.29, 0.717) is 12.2 Å². The summed E-state index contributed by atoms with van der Waals surface area (Å²) in [6.45, 7) is 0.650. The molecule has 3 N–H and O–H groups in total. The van der Waals surface area contributed by atoms with Crippen LogP contribution in [0, 0.1) is 0 Å². The minimum Gasteiger partial charge on any atom is -0.508 e. The van der Waals surface area contributed by atoms with Crippen LogP contribution in [0.2, 0.25) is 0 Å². The number of anilines is 2. The second-order valence-electron chi connectivity index (χ2n) is 4.45. The molecule has 0 heterocycles. The minimum absolute atomic E-state index is 0.254. The lowest BCUT2D eigenvalue weighted by atomic mass is 10.1. The summed E-state index contributed by atoms with van der Waals surface area (Å²) in [6, 6.07) is 12.7. The minimum atomic E-state index is 0.254. The van der Waals surface area contributed by atoms with E-state index in [0.717, 1.165) is 17.0 Å². The van der Waals surface area contributed by atoms with Gasteiger partial charge in [0.2, 0.25) is 0 Å². The summed E-state index contributed by atoms with van der Waals surface area (Å²) in [5.74, 6) is 1.06. The van der Waals surface area contributed by atoms with Crippen LogP contribution in [-0.2, 0) is 6.54 Å². The number of phenolic OH excluding ortho intramolecular Hbond substituents is 1. The molecule has 0 saturated heterocycles. The smallest absolute Gasteiger partial charge is 0.123 e. The lowest BCUT2D eigenvalue weighted by Crippen LogP contribution is -2.16. The molecule has 0 aromatic heterocycles. The van der Waals surface area contributed by atoms with Crippen LogP contribution in [0.15, 0.2) is 42.5 Å². The van der Waals surface area contributed by atoms with E-state index in [1.165, 1.54) is 0 Å². The summed E-state index contributed by atoms with van der Waals surface area (Å²) in [5.41, 5.74) is 8.46. The van der Waals surface area contributed by atoms with Crippen molar-refractivity contribution in [2.75, 3.05) is 24.8 Å². The van der Waals surface area contributed by atoms with Crippen molar-refractivity contribution in [3.05, 3.63) is 48.0 Å². The second-order valence-corrected chi connectivity index (χ2v) is 4.45. The van der Waals surface area contributed by atoms with Crippen molar-refractivity contribution >= 4 is 11.4 Å². The highest BCUT2D eigenvalue weighted by Gasteiger charge is 2.08. The first-order valence-corrected chi connectivity index (χ1v) is 6.02. The Morgan fingerprint density at radius 1 is 1.21 bits per heavy atom. The molecule has 0 aliphatic rings. The van der Waals surface area contributed by atoms with Gasteiger partial charge in [0, 0.05) is 36.6 Å². The number of phenols is 1. The molecule has 0 aliphatic heterocycles. The summed E-state index contributed by atoms with van der Waals surface area (Å²) in [4.78, 5) is 2.02. The van der Waals surface area contributed by atoms with Gasteiger partial charge >= 0.3 is 0 Å². The van der Waals surface area contributed by atoms with Crippen molar-refractivity contribution in [1.29, 1.82) is 0 Å². The maximum absolute atomic E-state index is 9.50. The normalized spacial score (nSPS) is 10.2. The Morgan fingerprint density at radius 2 is 2.00 bits per heavy atom. The molecule has 0 atom stereocenters. The van der Waals surface area contributed by atoms with Gasteiger partial charge in [-0.3, -0.25) is 0 Å². The monoisotopic (exact) mass is 258 g/mol. The molecule has 0 saturated carbocycles. The van der Waals surface area contributed by atoms with E-state index in [1.807, 2.05) is 42.3 Å². The summed E-state index contributed by atoms with van der Waals surface area (Å²) < 4.78 is 5.33. The zero-order valence-corrected chi connectivity index (χ0v) is 11.1. The molecule has 100 valence electrons. The van der Waals surface area contributed by atoms with E-state index >= 15 is 0 Å². The molecule has 0 aliphatic carbocycles. The summed E-state index contributed by atoms with van der Waals surface area (Å²) in [6.07, 6.45) is 0. The van der Waals surface area contributed by atoms with Gasteiger partial charge in [-0.2, -0.15) is 0 Å². The SMILES string of the molecule is COc1ccc(N)cc1CN(C)c1cccc(O)c1. The predicted molar refractivity (Wildman–Crippen MR) is 77.6 cm³/mol. The maximum Gasteiger partial charge on any atom is 0.123 e. The first-order chi connectivity index (χ1) is 9.10. The molecule has 4 heteroatoms. The molecule has 4 nitrogen and oxygen atoms in total. The Labute approximate surface area is 113 Å². The average molecular weight is 258 g/mol. The molecular formula is C15H18N2O2. The van der Waals surface area contributed by atoms with Crippen molar-refractivity contribution in [3.8, 4) is 11.5 Å². The molecule has 0 unspecified atom stereocenters. The summed E-state index contributed by atoms with van der Waals surface area (Å²) >= 11 is 0. The number of nitrogens with two attached hydrogens (primary N) is 1. The quantitative estimate of drug-likeness (QED) is 0.828. The van der Waals surface area contributed by atoms with Crippen molar-refractivity contribution in [2.45, 2.75) is 6.54 Å². The number of methoxy groups -OCH3 is 1. The first-order valence-electron chi connectivity index (χ1n) is 6.02. The first kappa shape index (κ1) is 13.1. The number of rotatable bonds is 4. The third-order valence-corrected chi connectivity index (χ3v) is 2.98. The van der Waals surface area contributed by atoms with Crippen molar-refractivity contribution in [1.82, 2.24) is 0 Å². The Morgan fingerprint density at radius 3 is 2.68 bits per heavy atom. The number of benzene rings is 2. The molecule has 19 heavy (non-hydrogen) atoms. The largest absolute Gasteiger partial charge is 0.508 e. The van der Waals surface area contributed by atoms with E-state index in [1.54, 1.807) is 19.2 Å². The number of nitrogens with zero attached hydrogens (tertiary/aromatic N) is 1. The molecule has 0 fully saturated rings. The molecule has 2 aromatic carbocycles. The fraction of sp³-hybridized carbons (Fsp3) is 0.200. The number of hydrogen-bond acceptors (Lipinski definition) is 4. The molecule has 0 spiro atoms. The van der Waals surface area contributed by atoms with Crippen LogP contribution >= 0.6 is 0 Å². The van der Waals surface area contributed by atoms with Gasteiger partial charge in [-0.1, -0.05) is 6.07 Å². The van der Waals surface area contributed by atoms with E-state index in [2.05, 4.69) is 0 Å². The van der Waals surface area contributed by atoms with Crippen LogP contribution < -0.4 is 15.4 Å².